The first-order valence-electron chi connectivity index (χ1n) is 5.71. The first-order chi connectivity index (χ1) is 8.79. The lowest BCUT2D eigenvalue weighted by atomic mass is 10.2. The molecule has 0 aliphatic carbocycles. The average Bonchev–Trinajstić information content (AvgIpc) is 2.77. The maximum atomic E-state index is 5.75. The van der Waals surface area contributed by atoms with Crippen LogP contribution in [0.3, 0.4) is 0 Å². The fourth-order valence-electron chi connectivity index (χ4n) is 2.08. The van der Waals surface area contributed by atoms with Gasteiger partial charge in [-0.05, 0) is 24.3 Å². The Bertz CT molecular complexity index is 703. The van der Waals surface area contributed by atoms with Crippen molar-refractivity contribution >= 4 is 21.4 Å². The summed E-state index contributed by atoms with van der Waals surface area (Å²) in [5, 5.41) is 0. The van der Waals surface area contributed by atoms with Gasteiger partial charge in [0.05, 0.1) is 11.2 Å². The summed E-state index contributed by atoms with van der Waals surface area (Å²) in [7, 11) is 0. The van der Waals surface area contributed by atoms with Gasteiger partial charge in [0.25, 0.3) is 0 Å². The zero-order valence-electron chi connectivity index (χ0n) is 9.68. The molecule has 0 aliphatic rings. The van der Waals surface area contributed by atoms with Crippen LogP contribution in [0.5, 0.6) is 0 Å². The average molecular weight is 302 g/mol. The Morgan fingerprint density at radius 1 is 1.17 bits per heavy atom. The molecular weight excluding hydrogens is 290 g/mol. The van der Waals surface area contributed by atoms with Crippen molar-refractivity contribution < 1.29 is 0 Å². The highest BCUT2D eigenvalue weighted by Crippen LogP contribution is 2.24. The fourth-order valence-corrected chi connectivity index (χ4v) is 2.48. The number of benzene rings is 1. The summed E-state index contributed by atoms with van der Waals surface area (Å²) in [4.78, 5) is 4.64. The van der Waals surface area contributed by atoms with E-state index in [1.165, 1.54) is 0 Å². The summed E-state index contributed by atoms with van der Waals surface area (Å²) in [6.07, 6.45) is 2.01. The van der Waals surface area contributed by atoms with Gasteiger partial charge in [0, 0.05) is 22.8 Å². The number of nitrogens with two attached hydrogens (primary N) is 1. The van der Waals surface area contributed by atoms with E-state index in [2.05, 4.69) is 31.4 Å². The summed E-state index contributed by atoms with van der Waals surface area (Å²) in [6, 6.07) is 14.2. The molecule has 0 aliphatic heterocycles. The number of hydrogen-bond donors (Lipinski definition) is 1. The van der Waals surface area contributed by atoms with Gasteiger partial charge in [-0.25, -0.2) is 4.98 Å². The Morgan fingerprint density at radius 2 is 2.06 bits per heavy atom. The third-order valence-corrected chi connectivity index (χ3v) is 3.39. The summed E-state index contributed by atoms with van der Waals surface area (Å²) >= 11 is 3.49. The van der Waals surface area contributed by atoms with Crippen molar-refractivity contribution in [3.63, 3.8) is 0 Å². The number of rotatable bonds is 2. The fraction of sp³-hybridized carbons (Fsp3) is 0.0714. The molecule has 0 amide bonds. The molecule has 0 bridgehead atoms. The van der Waals surface area contributed by atoms with Crippen molar-refractivity contribution in [2.45, 2.75) is 6.54 Å². The first kappa shape index (κ1) is 11.4. The SMILES string of the molecule is NCc1nc(-c2cccc(Br)c2)n2ccccc12. The number of pyridine rings is 1. The van der Waals surface area contributed by atoms with Gasteiger partial charge in [0.2, 0.25) is 0 Å². The van der Waals surface area contributed by atoms with Crippen LogP contribution in [-0.2, 0) is 6.54 Å². The van der Waals surface area contributed by atoms with Gasteiger partial charge < -0.3 is 5.73 Å². The van der Waals surface area contributed by atoms with E-state index in [1.807, 2.05) is 42.6 Å². The summed E-state index contributed by atoms with van der Waals surface area (Å²) in [5.74, 6) is 0.923. The van der Waals surface area contributed by atoms with Gasteiger partial charge in [-0.1, -0.05) is 34.1 Å². The Morgan fingerprint density at radius 3 is 2.83 bits per heavy atom. The number of aromatic nitrogens is 2. The molecule has 0 saturated carbocycles. The lowest BCUT2D eigenvalue weighted by Gasteiger charge is -2.01. The predicted octanol–water partition coefficient (Wildman–Crippen LogP) is 3.22. The summed E-state index contributed by atoms with van der Waals surface area (Å²) in [5.41, 5.74) is 8.81. The van der Waals surface area contributed by atoms with Crippen LogP contribution in [0.15, 0.2) is 53.1 Å². The van der Waals surface area contributed by atoms with E-state index in [0.29, 0.717) is 6.54 Å². The molecule has 0 fully saturated rings. The minimum absolute atomic E-state index is 0.446. The molecule has 2 heterocycles. The smallest absolute Gasteiger partial charge is 0.144 e. The minimum Gasteiger partial charge on any atom is -0.325 e. The van der Waals surface area contributed by atoms with Gasteiger partial charge in [-0.15, -0.1) is 0 Å². The molecule has 90 valence electrons. The molecule has 4 heteroatoms. The van der Waals surface area contributed by atoms with Crippen LogP contribution in [0, 0.1) is 0 Å². The molecule has 2 N–H and O–H groups in total. The van der Waals surface area contributed by atoms with Gasteiger partial charge in [-0.2, -0.15) is 0 Å². The zero-order chi connectivity index (χ0) is 12.5. The van der Waals surface area contributed by atoms with E-state index in [1.54, 1.807) is 0 Å². The van der Waals surface area contributed by atoms with Crippen molar-refractivity contribution in [2.24, 2.45) is 5.73 Å². The van der Waals surface area contributed by atoms with Crippen molar-refractivity contribution in [1.29, 1.82) is 0 Å². The molecule has 3 aromatic rings. The first-order valence-corrected chi connectivity index (χ1v) is 6.51. The maximum Gasteiger partial charge on any atom is 0.144 e. The third-order valence-electron chi connectivity index (χ3n) is 2.90. The van der Waals surface area contributed by atoms with E-state index in [4.69, 9.17) is 5.73 Å². The van der Waals surface area contributed by atoms with Crippen LogP contribution < -0.4 is 5.73 Å². The quantitative estimate of drug-likeness (QED) is 0.790. The normalized spacial score (nSPS) is 11.0. The molecule has 0 radical (unpaired) electrons. The second-order valence-corrected chi connectivity index (χ2v) is 4.97. The lowest BCUT2D eigenvalue weighted by molar-refractivity contribution is 1.02. The zero-order valence-corrected chi connectivity index (χ0v) is 11.3. The molecule has 0 spiro atoms. The van der Waals surface area contributed by atoms with Crippen LogP contribution in [0.2, 0.25) is 0 Å². The molecule has 3 nitrogen and oxygen atoms in total. The molecule has 2 aromatic heterocycles. The van der Waals surface area contributed by atoms with Crippen LogP contribution in [0.25, 0.3) is 16.9 Å². The van der Waals surface area contributed by atoms with Crippen molar-refractivity contribution in [3.05, 3.63) is 58.8 Å². The van der Waals surface area contributed by atoms with Gasteiger partial charge >= 0.3 is 0 Å². The lowest BCUT2D eigenvalue weighted by Crippen LogP contribution is -1.96. The second-order valence-electron chi connectivity index (χ2n) is 4.05. The second kappa shape index (κ2) is 4.55. The van der Waals surface area contributed by atoms with E-state index in [9.17, 15) is 0 Å². The molecule has 18 heavy (non-hydrogen) atoms. The van der Waals surface area contributed by atoms with Gasteiger partial charge in [-0.3, -0.25) is 4.40 Å². The Balaban J connectivity index is 2.29. The maximum absolute atomic E-state index is 5.75. The Hall–Kier alpha value is -1.65. The molecule has 0 unspecified atom stereocenters. The minimum atomic E-state index is 0.446. The van der Waals surface area contributed by atoms with Crippen molar-refractivity contribution in [2.75, 3.05) is 0 Å². The third kappa shape index (κ3) is 1.83. The monoisotopic (exact) mass is 301 g/mol. The van der Waals surface area contributed by atoms with E-state index in [0.717, 1.165) is 27.1 Å². The highest BCUT2D eigenvalue weighted by molar-refractivity contribution is 9.10. The number of fused-ring (bicyclic) bond motifs is 1. The Kier molecular flexibility index (Phi) is 2.89. The summed E-state index contributed by atoms with van der Waals surface area (Å²) in [6.45, 7) is 0.446. The number of halogens is 1. The number of nitrogens with zero attached hydrogens (tertiary/aromatic N) is 2. The van der Waals surface area contributed by atoms with Gasteiger partial charge in [0.15, 0.2) is 0 Å². The highest BCUT2D eigenvalue weighted by atomic mass is 79.9. The topological polar surface area (TPSA) is 43.3 Å². The molecule has 0 atom stereocenters. The van der Waals surface area contributed by atoms with Crippen LogP contribution in [0.1, 0.15) is 5.69 Å². The van der Waals surface area contributed by atoms with E-state index in [-0.39, 0.29) is 0 Å². The predicted molar refractivity (Wildman–Crippen MR) is 76.2 cm³/mol. The van der Waals surface area contributed by atoms with E-state index >= 15 is 0 Å². The molecular formula is C14H12BrN3. The Labute approximate surface area is 113 Å². The highest BCUT2D eigenvalue weighted by Gasteiger charge is 2.10. The molecule has 0 saturated heterocycles. The largest absolute Gasteiger partial charge is 0.325 e. The van der Waals surface area contributed by atoms with Gasteiger partial charge in [0.1, 0.15) is 5.82 Å². The standard InChI is InChI=1S/C14H12BrN3/c15-11-5-3-4-10(8-11)14-17-12(9-16)13-6-1-2-7-18(13)14/h1-8H,9,16H2. The van der Waals surface area contributed by atoms with Crippen LogP contribution in [0.4, 0.5) is 0 Å². The van der Waals surface area contributed by atoms with Crippen LogP contribution in [-0.4, -0.2) is 9.38 Å². The van der Waals surface area contributed by atoms with Crippen LogP contribution >= 0.6 is 15.9 Å². The summed E-state index contributed by atoms with van der Waals surface area (Å²) < 4.78 is 3.12. The number of imidazole rings is 1. The molecule has 1 aromatic carbocycles. The number of hydrogen-bond acceptors (Lipinski definition) is 2. The van der Waals surface area contributed by atoms with Crippen molar-refractivity contribution in [3.8, 4) is 11.4 Å². The van der Waals surface area contributed by atoms with Crippen molar-refractivity contribution in [1.82, 2.24) is 9.38 Å². The molecule has 3 rings (SSSR count). The van der Waals surface area contributed by atoms with E-state index < -0.39 is 0 Å².